The Bertz CT molecular complexity index is 196. The van der Waals surface area contributed by atoms with Crippen molar-refractivity contribution < 1.29 is 0 Å². The molecule has 15 heavy (non-hydrogen) atoms. The third-order valence-corrected chi connectivity index (χ3v) is 5.27. The summed E-state index contributed by atoms with van der Waals surface area (Å²) in [6, 6.07) is 0. The molecule has 0 N–H and O–H groups in total. The number of hydrogen-bond acceptors (Lipinski definition) is 0. The maximum atomic E-state index is 2.48. The van der Waals surface area contributed by atoms with Crippen LogP contribution in [-0.4, -0.2) is 0 Å². The van der Waals surface area contributed by atoms with Crippen LogP contribution < -0.4 is 0 Å². The molecular formula is C15H30. The largest absolute Gasteiger partial charge is 0.0651 e. The Balaban J connectivity index is 2.34. The molecule has 0 nitrogen and oxygen atoms in total. The Labute approximate surface area is 96.8 Å². The SMILES string of the molecule is CCC(C)C(C)CC(C)C1CC1(C)CC. The summed E-state index contributed by atoms with van der Waals surface area (Å²) in [5.74, 6) is 3.78. The number of rotatable bonds is 6. The molecule has 0 bridgehead atoms. The van der Waals surface area contributed by atoms with Gasteiger partial charge in [0.05, 0.1) is 0 Å². The Morgan fingerprint density at radius 3 is 2.13 bits per heavy atom. The molecule has 1 rings (SSSR count). The maximum absolute atomic E-state index is 2.48. The van der Waals surface area contributed by atoms with E-state index in [1.807, 2.05) is 0 Å². The summed E-state index contributed by atoms with van der Waals surface area (Å²) in [6.45, 7) is 14.5. The highest BCUT2D eigenvalue weighted by Gasteiger charge is 2.50. The lowest BCUT2D eigenvalue weighted by molar-refractivity contribution is 0.269. The van der Waals surface area contributed by atoms with Crippen LogP contribution in [0.15, 0.2) is 0 Å². The van der Waals surface area contributed by atoms with E-state index in [1.54, 1.807) is 0 Å². The van der Waals surface area contributed by atoms with Crippen molar-refractivity contribution in [2.75, 3.05) is 0 Å². The van der Waals surface area contributed by atoms with Gasteiger partial charge in [-0.1, -0.05) is 54.4 Å². The van der Waals surface area contributed by atoms with E-state index in [0.717, 1.165) is 23.7 Å². The van der Waals surface area contributed by atoms with E-state index in [-0.39, 0.29) is 0 Å². The molecule has 1 aliphatic carbocycles. The highest BCUT2D eigenvalue weighted by molar-refractivity contribution is 5.00. The van der Waals surface area contributed by atoms with Crippen LogP contribution in [0.3, 0.4) is 0 Å². The van der Waals surface area contributed by atoms with Gasteiger partial charge in [0.1, 0.15) is 0 Å². The third kappa shape index (κ3) is 2.98. The van der Waals surface area contributed by atoms with Crippen LogP contribution in [0.4, 0.5) is 0 Å². The van der Waals surface area contributed by atoms with Gasteiger partial charge >= 0.3 is 0 Å². The van der Waals surface area contributed by atoms with Gasteiger partial charge in [-0.3, -0.25) is 0 Å². The van der Waals surface area contributed by atoms with Crippen molar-refractivity contribution in [3.8, 4) is 0 Å². The predicted molar refractivity (Wildman–Crippen MR) is 68.9 cm³/mol. The van der Waals surface area contributed by atoms with E-state index in [0.29, 0.717) is 5.41 Å². The van der Waals surface area contributed by atoms with Crippen molar-refractivity contribution in [3.63, 3.8) is 0 Å². The molecule has 5 unspecified atom stereocenters. The lowest BCUT2D eigenvalue weighted by atomic mass is 9.82. The minimum atomic E-state index is 0.703. The maximum Gasteiger partial charge on any atom is -0.0294 e. The minimum Gasteiger partial charge on any atom is -0.0651 e. The molecule has 0 aromatic heterocycles. The molecule has 1 fully saturated rings. The molecule has 0 saturated heterocycles. The van der Waals surface area contributed by atoms with Gasteiger partial charge in [0, 0.05) is 0 Å². The average Bonchev–Trinajstić information content (AvgIpc) is 2.90. The van der Waals surface area contributed by atoms with Crippen LogP contribution in [0.1, 0.15) is 67.2 Å². The van der Waals surface area contributed by atoms with Gasteiger partial charge in [-0.15, -0.1) is 0 Å². The lowest BCUT2D eigenvalue weighted by Gasteiger charge is -2.23. The smallest absolute Gasteiger partial charge is 0.0294 e. The predicted octanol–water partition coefficient (Wildman–Crippen LogP) is 5.13. The van der Waals surface area contributed by atoms with Gasteiger partial charge in [0.2, 0.25) is 0 Å². The van der Waals surface area contributed by atoms with E-state index in [9.17, 15) is 0 Å². The Kier molecular flexibility index (Phi) is 4.26. The normalized spacial score (nSPS) is 36.0. The first-order valence-corrected chi connectivity index (χ1v) is 6.94. The molecule has 0 amide bonds. The second kappa shape index (κ2) is 4.89. The van der Waals surface area contributed by atoms with Crippen molar-refractivity contribution in [1.29, 1.82) is 0 Å². The molecular weight excluding hydrogens is 180 g/mol. The molecule has 0 aromatic rings. The van der Waals surface area contributed by atoms with E-state index in [1.165, 1.54) is 25.7 Å². The van der Waals surface area contributed by atoms with E-state index in [2.05, 4.69) is 41.5 Å². The summed E-state index contributed by atoms with van der Waals surface area (Å²) in [6.07, 6.45) is 5.64. The van der Waals surface area contributed by atoms with Crippen molar-refractivity contribution in [2.45, 2.75) is 67.2 Å². The molecule has 0 radical (unpaired) electrons. The molecule has 0 aliphatic heterocycles. The Hall–Kier alpha value is 0. The summed E-state index contributed by atoms with van der Waals surface area (Å²) in [7, 11) is 0. The molecule has 1 saturated carbocycles. The summed E-state index contributed by atoms with van der Waals surface area (Å²) >= 11 is 0. The van der Waals surface area contributed by atoms with Gasteiger partial charge in [0.25, 0.3) is 0 Å². The second-order valence-electron chi connectivity index (χ2n) is 6.39. The molecule has 0 spiro atoms. The fraction of sp³-hybridized carbons (Fsp3) is 1.00. The van der Waals surface area contributed by atoms with Crippen LogP contribution >= 0.6 is 0 Å². The quantitative estimate of drug-likeness (QED) is 0.570. The van der Waals surface area contributed by atoms with Crippen molar-refractivity contribution in [3.05, 3.63) is 0 Å². The van der Waals surface area contributed by atoms with Crippen molar-refractivity contribution in [2.24, 2.45) is 29.1 Å². The number of hydrogen-bond donors (Lipinski definition) is 0. The lowest BCUT2D eigenvalue weighted by Crippen LogP contribution is -2.14. The fourth-order valence-corrected chi connectivity index (χ4v) is 3.12. The zero-order valence-electron chi connectivity index (χ0n) is 11.6. The van der Waals surface area contributed by atoms with E-state index < -0.39 is 0 Å². The van der Waals surface area contributed by atoms with Crippen molar-refractivity contribution >= 4 is 0 Å². The minimum absolute atomic E-state index is 0.703. The first-order chi connectivity index (χ1) is 6.94. The Morgan fingerprint density at radius 2 is 1.73 bits per heavy atom. The first kappa shape index (κ1) is 13.1. The molecule has 0 heteroatoms. The first-order valence-electron chi connectivity index (χ1n) is 6.94. The standard InChI is InChI=1S/C15H30/c1-7-11(3)12(4)9-13(5)14-10-15(14,6)8-2/h11-14H,7-10H2,1-6H3. The van der Waals surface area contributed by atoms with Gasteiger partial charge in [-0.2, -0.15) is 0 Å². The van der Waals surface area contributed by atoms with Gasteiger partial charge < -0.3 is 0 Å². The summed E-state index contributed by atoms with van der Waals surface area (Å²) in [4.78, 5) is 0. The van der Waals surface area contributed by atoms with Crippen LogP contribution in [0.5, 0.6) is 0 Å². The summed E-state index contributed by atoms with van der Waals surface area (Å²) in [5, 5.41) is 0. The Morgan fingerprint density at radius 1 is 1.13 bits per heavy atom. The van der Waals surface area contributed by atoms with Gasteiger partial charge in [0.15, 0.2) is 0 Å². The van der Waals surface area contributed by atoms with Crippen LogP contribution in [0.2, 0.25) is 0 Å². The van der Waals surface area contributed by atoms with Crippen LogP contribution in [-0.2, 0) is 0 Å². The van der Waals surface area contributed by atoms with Crippen LogP contribution in [0, 0.1) is 29.1 Å². The van der Waals surface area contributed by atoms with E-state index >= 15 is 0 Å². The highest BCUT2D eigenvalue weighted by atomic mass is 14.6. The molecule has 5 atom stereocenters. The van der Waals surface area contributed by atoms with Crippen molar-refractivity contribution in [1.82, 2.24) is 0 Å². The van der Waals surface area contributed by atoms with Gasteiger partial charge in [-0.25, -0.2) is 0 Å². The molecule has 0 aromatic carbocycles. The average molecular weight is 210 g/mol. The third-order valence-electron chi connectivity index (χ3n) is 5.27. The monoisotopic (exact) mass is 210 g/mol. The second-order valence-corrected chi connectivity index (χ2v) is 6.39. The zero-order valence-corrected chi connectivity index (χ0v) is 11.6. The highest BCUT2D eigenvalue weighted by Crippen LogP contribution is 2.59. The molecule has 1 aliphatic rings. The topological polar surface area (TPSA) is 0 Å². The summed E-state index contributed by atoms with van der Waals surface area (Å²) in [5.41, 5.74) is 0.703. The zero-order chi connectivity index (χ0) is 11.6. The summed E-state index contributed by atoms with van der Waals surface area (Å²) < 4.78 is 0. The fourth-order valence-electron chi connectivity index (χ4n) is 3.12. The molecule has 90 valence electrons. The van der Waals surface area contributed by atoms with Gasteiger partial charge in [-0.05, 0) is 41.9 Å². The molecule has 0 heterocycles. The van der Waals surface area contributed by atoms with E-state index in [4.69, 9.17) is 0 Å². The van der Waals surface area contributed by atoms with Crippen LogP contribution in [0.25, 0.3) is 0 Å².